The number of nitrogens with one attached hydrogen (secondary N) is 1. The molecule has 0 unspecified atom stereocenters. The highest BCUT2D eigenvalue weighted by molar-refractivity contribution is 5.51. The van der Waals surface area contributed by atoms with Crippen molar-refractivity contribution in [2.24, 2.45) is 0 Å². The van der Waals surface area contributed by atoms with E-state index in [1.807, 2.05) is 34.9 Å². The molecule has 2 aromatic carbocycles. The molecule has 0 bridgehead atoms. The van der Waals surface area contributed by atoms with Crippen molar-refractivity contribution in [2.75, 3.05) is 5.32 Å². The summed E-state index contributed by atoms with van der Waals surface area (Å²) in [5.41, 5.74) is 3.38. The van der Waals surface area contributed by atoms with Gasteiger partial charge in [0.2, 0.25) is 0 Å². The van der Waals surface area contributed by atoms with Crippen LogP contribution in [0.4, 0.5) is 5.69 Å². The van der Waals surface area contributed by atoms with Gasteiger partial charge in [-0.25, -0.2) is 0 Å². The van der Waals surface area contributed by atoms with Gasteiger partial charge in [0.05, 0.1) is 5.69 Å². The molecule has 94 valence electrons. The molecule has 0 amide bonds. The first-order valence-corrected chi connectivity index (χ1v) is 6.15. The summed E-state index contributed by atoms with van der Waals surface area (Å²) in [7, 11) is 0. The highest BCUT2D eigenvalue weighted by atomic mass is 15.2. The molecule has 3 rings (SSSR count). The van der Waals surface area contributed by atoms with Crippen LogP contribution in [-0.2, 0) is 6.54 Å². The molecule has 19 heavy (non-hydrogen) atoms. The first kappa shape index (κ1) is 11.5. The standard InChI is InChI=1S/C15H14N4/c1-2-5-13(6-3-1)10-16-14-7-4-8-15(9-14)19-11-17-18-12-19/h1-9,11-12,16H,10H2. The Morgan fingerprint density at radius 2 is 1.68 bits per heavy atom. The van der Waals surface area contributed by atoms with E-state index in [-0.39, 0.29) is 0 Å². The third kappa shape index (κ3) is 2.80. The van der Waals surface area contributed by atoms with Crippen LogP contribution >= 0.6 is 0 Å². The predicted octanol–water partition coefficient (Wildman–Crippen LogP) is 2.88. The second-order valence-corrected chi connectivity index (χ2v) is 4.26. The Hall–Kier alpha value is -2.62. The molecule has 1 heterocycles. The van der Waals surface area contributed by atoms with E-state index in [4.69, 9.17) is 0 Å². The molecule has 0 radical (unpaired) electrons. The summed E-state index contributed by atoms with van der Waals surface area (Å²) in [5.74, 6) is 0. The van der Waals surface area contributed by atoms with E-state index in [9.17, 15) is 0 Å². The fourth-order valence-electron chi connectivity index (χ4n) is 1.91. The van der Waals surface area contributed by atoms with Crippen LogP contribution in [0, 0.1) is 0 Å². The maximum atomic E-state index is 3.81. The molecule has 0 aliphatic rings. The lowest BCUT2D eigenvalue weighted by atomic mass is 10.2. The van der Waals surface area contributed by atoms with Crippen LogP contribution in [0.25, 0.3) is 5.69 Å². The van der Waals surface area contributed by atoms with Crippen molar-refractivity contribution >= 4 is 5.69 Å². The Morgan fingerprint density at radius 1 is 0.895 bits per heavy atom. The molecule has 1 N–H and O–H groups in total. The van der Waals surface area contributed by atoms with Crippen molar-refractivity contribution in [1.29, 1.82) is 0 Å². The molecule has 3 aromatic rings. The molecule has 0 saturated heterocycles. The van der Waals surface area contributed by atoms with Crippen LogP contribution in [0.2, 0.25) is 0 Å². The minimum absolute atomic E-state index is 0.812. The van der Waals surface area contributed by atoms with Crippen molar-refractivity contribution in [3.05, 3.63) is 72.8 Å². The lowest BCUT2D eigenvalue weighted by Gasteiger charge is -2.08. The van der Waals surface area contributed by atoms with E-state index in [0.717, 1.165) is 17.9 Å². The average molecular weight is 250 g/mol. The van der Waals surface area contributed by atoms with E-state index in [0.29, 0.717) is 0 Å². The van der Waals surface area contributed by atoms with Crippen LogP contribution in [0.1, 0.15) is 5.56 Å². The number of hydrogen-bond acceptors (Lipinski definition) is 3. The minimum Gasteiger partial charge on any atom is -0.381 e. The molecule has 0 atom stereocenters. The van der Waals surface area contributed by atoms with E-state index in [1.54, 1.807) is 12.7 Å². The molecule has 0 spiro atoms. The van der Waals surface area contributed by atoms with Gasteiger partial charge in [-0.1, -0.05) is 36.4 Å². The molecule has 1 aromatic heterocycles. The molecule has 0 aliphatic carbocycles. The fourth-order valence-corrected chi connectivity index (χ4v) is 1.91. The number of benzene rings is 2. The Morgan fingerprint density at radius 3 is 2.47 bits per heavy atom. The zero-order chi connectivity index (χ0) is 12.9. The summed E-state index contributed by atoms with van der Waals surface area (Å²) < 4.78 is 1.88. The number of anilines is 1. The van der Waals surface area contributed by atoms with Gasteiger partial charge < -0.3 is 5.32 Å². The smallest absolute Gasteiger partial charge is 0.123 e. The monoisotopic (exact) mass is 250 g/mol. The van der Waals surface area contributed by atoms with Crippen LogP contribution < -0.4 is 5.32 Å². The summed E-state index contributed by atoms with van der Waals surface area (Å²) in [6.45, 7) is 0.812. The molecule has 0 fully saturated rings. The van der Waals surface area contributed by atoms with Crippen molar-refractivity contribution in [3.8, 4) is 5.69 Å². The van der Waals surface area contributed by atoms with Crippen LogP contribution in [0.3, 0.4) is 0 Å². The molecular formula is C15H14N4. The molecular weight excluding hydrogens is 236 g/mol. The lowest BCUT2D eigenvalue weighted by Crippen LogP contribution is -2.00. The van der Waals surface area contributed by atoms with E-state index >= 15 is 0 Å². The van der Waals surface area contributed by atoms with E-state index in [1.165, 1.54) is 5.56 Å². The zero-order valence-electron chi connectivity index (χ0n) is 10.4. The maximum absolute atomic E-state index is 3.81. The Balaban J connectivity index is 1.74. The van der Waals surface area contributed by atoms with E-state index < -0.39 is 0 Å². The third-order valence-electron chi connectivity index (χ3n) is 2.90. The normalized spacial score (nSPS) is 10.3. The summed E-state index contributed by atoms with van der Waals surface area (Å²) in [6.07, 6.45) is 3.38. The second kappa shape index (κ2) is 5.35. The van der Waals surface area contributed by atoms with Gasteiger partial charge in [0.25, 0.3) is 0 Å². The van der Waals surface area contributed by atoms with Crippen LogP contribution in [-0.4, -0.2) is 14.8 Å². The van der Waals surface area contributed by atoms with Crippen molar-refractivity contribution < 1.29 is 0 Å². The largest absolute Gasteiger partial charge is 0.381 e. The SMILES string of the molecule is c1ccc(CNc2cccc(-n3cnnc3)c2)cc1. The number of aromatic nitrogens is 3. The van der Waals surface area contributed by atoms with Gasteiger partial charge in [-0.05, 0) is 23.8 Å². The fraction of sp³-hybridized carbons (Fsp3) is 0.0667. The van der Waals surface area contributed by atoms with Crippen LogP contribution in [0.15, 0.2) is 67.3 Å². The summed E-state index contributed by atoms with van der Waals surface area (Å²) in [4.78, 5) is 0. The summed E-state index contributed by atoms with van der Waals surface area (Å²) in [6, 6.07) is 18.5. The summed E-state index contributed by atoms with van der Waals surface area (Å²) >= 11 is 0. The summed E-state index contributed by atoms with van der Waals surface area (Å²) in [5, 5.41) is 11.0. The van der Waals surface area contributed by atoms with Crippen molar-refractivity contribution in [2.45, 2.75) is 6.54 Å². The first-order chi connectivity index (χ1) is 9.42. The van der Waals surface area contributed by atoms with Crippen molar-refractivity contribution in [3.63, 3.8) is 0 Å². The minimum atomic E-state index is 0.812. The Kier molecular flexibility index (Phi) is 3.23. The van der Waals surface area contributed by atoms with Gasteiger partial charge in [-0.2, -0.15) is 0 Å². The first-order valence-electron chi connectivity index (χ1n) is 6.15. The van der Waals surface area contributed by atoms with Gasteiger partial charge in [-0.3, -0.25) is 4.57 Å². The molecule has 4 heteroatoms. The topological polar surface area (TPSA) is 42.7 Å². The Labute approximate surface area is 111 Å². The number of nitrogens with zero attached hydrogens (tertiary/aromatic N) is 3. The number of rotatable bonds is 4. The molecule has 4 nitrogen and oxygen atoms in total. The zero-order valence-corrected chi connectivity index (χ0v) is 10.4. The quantitative estimate of drug-likeness (QED) is 0.774. The van der Waals surface area contributed by atoms with E-state index in [2.05, 4.69) is 39.8 Å². The van der Waals surface area contributed by atoms with Gasteiger partial charge in [-0.15, -0.1) is 10.2 Å². The molecule has 0 aliphatic heterocycles. The second-order valence-electron chi connectivity index (χ2n) is 4.26. The van der Waals surface area contributed by atoms with Gasteiger partial charge in [0, 0.05) is 12.2 Å². The predicted molar refractivity (Wildman–Crippen MR) is 75.1 cm³/mol. The van der Waals surface area contributed by atoms with Gasteiger partial charge >= 0.3 is 0 Å². The number of hydrogen-bond donors (Lipinski definition) is 1. The Bertz CT molecular complexity index is 632. The maximum Gasteiger partial charge on any atom is 0.123 e. The average Bonchev–Trinajstić information content (AvgIpc) is 3.01. The highest BCUT2D eigenvalue weighted by Crippen LogP contribution is 2.15. The van der Waals surface area contributed by atoms with Crippen LogP contribution in [0.5, 0.6) is 0 Å². The third-order valence-corrected chi connectivity index (χ3v) is 2.90. The van der Waals surface area contributed by atoms with Gasteiger partial charge in [0.15, 0.2) is 0 Å². The lowest BCUT2D eigenvalue weighted by molar-refractivity contribution is 1.05. The molecule has 0 saturated carbocycles. The van der Waals surface area contributed by atoms with Gasteiger partial charge in [0.1, 0.15) is 12.7 Å². The highest BCUT2D eigenvalue weighted by Gasteiger charge is 1.98. The van der Waals surface area contributed by atoms with Crippen molar-refractivity contribution in [1.82, 2.24) is 14.8 Å².